The van der Waals surface area contributed by atoms with Crippen molar-refractivity contribution in [3.63, 3.8) is 0 Å². The van der Waals surface area contributed by atoms with Gasteiger partial charge < -0.3 is 15.4 Å². The quantitative estimate of drug-likeness (QED) is 0.664. The van der Waals surface area contributed by atoms with Crippen molar-refractivity contribution in [1.29, 1.82) is 0 Å². The van der Waals surface area contributed by atoms with Crippen molar-refractivity contribution in [1.82, 2.24) is 15.5 Å². The molecule has 2 rings (SSSR count). The van der Waals surface area contributed by atoms with Gasteiger partial charge in [-0.05, 0) is 56.5 Å². The van der Waals surface area contributed by atoms with Gasteiger partial charge in [-0.1, -0.05) is 0 Å². The van der Waals surface area contributed by atoms with Gasteiger partial charge in [-0.25, -0.2) is 0 Å². The largest absolute Gasteiger partial charge is 0.492 e. The number of nitrogens with zero attached hydrogens (tertiary/aromatic N) is 1. The molecule has 21 heavy (non-hydrogen) atoms. The second-order valence-electron chi connectivity index (χ2n) is 5.09. The molecule has 1 saturated heterocycles. The molecule has 0 atom stereocenters. The lowest BCUT2D eigenvalue weighted by molar-refractivity contribution is 0.241. The molecule has 1 aromatic rings. The maximum Gasteiger partial charge on any atom is 0.147 e. The van der Waals surface area contributed by atoms with E-state index in [9.17, 15) is 0 Å². The van der Waals surface area contributed by atoms with Crippen molar-refractivity contribution >= 4 is 31.9 Å². The predicted molar refractivity (Wildman–Crippen MR) is 94.0 cm³/mol. The Labute approximate surface area is 143 Å². The van der Waals surface area contributed by atoms with Gasteiger partial charge in [-0.15, -0.1) is 0 Å². The molecule has 0 spiro atoms. The van der Waals surface area contributed by atoms with Crippen LogP contribution in [0.1, 0.15) is 12.5 Å². The topological polar surface area (TPSA) is 36.5 Å². The number of ether oxygens (including phenoxy) is 1. The summed E-state index contributed by atoms with van der Waals surface area (Å²) in [6, 6.07) is 4.24. The van der Waals surface area contributed by atoms with Crippen LogP contribution in [0.3, 0.4) is 0 Å². The highest BCUT2D eigenvalue weighted by atomic mass is 79.9. The second kappa shape index (κ2) is 9.10. The first-order valence-electron chi connectivity index (χ1n) is 7.45. The number of halogens is 2. The van der Waals surface area contributed by atoms with Crippen LogP contribution < -0.4 is 15.4 Å². The minimum atomic E-state index is 0.666. The van der Waals surface area contributed by atoms with Crippen LogP contribution >= 0.6 is 31.9 Å². The SMILES string of the molecule is CCOc1c(Br)cc(CNCCN2CCNCC2)cc1Br. The number of benzene rings is 1. The lowest BCUT2D eigenvalue weighted by Gasteiger charge is -2.27. The van der Waals surface area contributed by atoms with Crippen molar-refractivity contribution in [2.24, 2.45) is 0 Å². The fourth-order valence-corrected chi connectivity index (χ4v) is 3.91. The maximum atomic E-state index is 5.60. The molecule has 2 N–H and O–H groups in total. The number of hydrogen-bond acceptors (Lipinski definition) is 4. The third-order valence-electron chi connectivity index (χ3n) is 3.49. The molecule has 1 aliphatic heterocycles. The van der Waals surface area contributed by atoms with Crippen LogP contribution in [0, 0.1) is 0 Å². The van der Waals surface area contributed by atoms with E-state index in [-0.39, 0.29) is 0 Å². The smallest absolute Gasteiger partial charge is 0.147 e. The molecule has 1 aromatic carbocycles. The second-order valence-corrected chi connectivity index (χ2v) is 6.80. The minimum Gasteiger partial charge on any atom is -0.492 e. The summed E-state index contributed by atoms with van der Waals surface area (Å²) in [7, 11) is 0. The Bertz CT molecular complexity index is 428. The van der Waals surface area contributed by atoms with Crippen molar-refractivity contribution in [2.75, 3.05) is 45.9 Å². The van der Waals surface area contributed by atoms with E-state index in [1.807, 2.05) is 6.92 Å². The molecule has 1 heterocycles. The minimum absolute atomic E-state index is 0.666. The van der Waals surface area contributed by atoms with Gasteiger partial charge in [-0.3, -0.25) is 4.90 Å². The van der Waals surface area contributed by atoms with E-state index in [4.69, 9.17) is 4.74 Å². The van der Waals surface area contributed by atoms with Crippen molar-refractivity contribution in [2.45, 2.75) is 13.5 Å². The molecular formula is C15H23Br2N3O. The number of rotatable bonds is 7. The number of piperazine rings is 1. The Balaban J connectivity index is 1.77. The molecule has 118 valence electrons. The zero-order valence-corrected chi connectivity index (χ0v) is 15.6. The summed E-state index contributed by atoms with van der Waals surface area (Å²) in [6.07, 6.45) is 0. The first-order valence-corrected chi connectivity index (χ1v) is 9.04. The van der Waals surface area contributed by atoms with Crippen LogP contribution in [0.15, 0.2) is 21.1 Å². The van der Waals surface area contributed by atoms with Crippen LogP contribution in [0.4, 0.5) is 0 Å². The summed E-state index contributed by atoms with van der Waals surface area (Å²) < 4.78 is 7.60. The molecule has 0 unspecified atom stereocenters. The van der Waals surface area contributed by atoms with E-state index in [0.29, 0.717) is 6.61 Å². The third-order valence-corrected chi connectivity index (χ3v) is 4.67. The lowest BCUT2D eigenvalue weighted by atomic mass is 10.2. The van der Waals surface area contributed by atoms with Gasteiger partial charge >= 0.3 is 0 Å². The molecule has 4 nitrogen and oxygen atoms in total. The Morgan fingerprint density at radius 3 is 2.52 bits per heavy atom. The summed E-state index contributed by atoms with van der Waals surface area (Å²) in [4.78, 5) is 2.49. The van der Waals surface area contributed by atoms with Crippen LogP contribution in [0.5, 0.6) is 5.75 Å². The number of nitrogens with one attached hydrogen (secondary N) is 2. The fourth-order valence-electron chi connectivity index (χ4n) is 2.40. The summed E-state index contributed by atoms with van der Waals surface area (Å²) in [6.45, 7) is 10.2. The molecule has 0 amide bonds. The van der Waals surface area contributed by atoms with Gasteiger partial charge in [0.05, 0.1) is 15.6 Å². The predicted octanol–water partition coefficient (Wildman–Crippen LogP) is 2.61. The van der Waals surface area contributed by atoms with Gasteiger partial charge in [0.15, 0.2) is 0 Å². The summed E-state index contributed by atoms with van der Waals surface area (Å²) in [5.41, 5.74) is 1.25. The van der Waals surface area contributed by atoms with Crippen molar-refractivity contribution in [3.8, 4) is 5.75 Å². The normalized spacial score (nSPS) is 16.1. The highest BCUT2D eigenvalue weighted by molar-refractivity contribution is 9.11. The molecule has 1 aliphatic rings. The van der Waals surface area contributed by atoms with E-state index < -0.39 is 0 Å². The van der Waals surface area contributed by atoms with E-state index in [0.717, 1.165) is 60.5 Å². The fraction of sp³-hybridized carbons (Fsp3) is 0.600. The molecule has 0 radical (unpaired) electrons. The van der Waals surface area contributed by atoms with Gasteiger partial charge in [0.1, 0.15) is 5.75 Å². The van der Waals surface area contributed by atoms with E-state index in [1.54, 1.807) is 0 Å². The monoisotopic (exact) mass is 419 g/mol. The first kappa shape index (κ1) is 17.2. The molecule has 0 aromatic heterocycles. The average molecular weight is 421 g/mol. The summed E-state index contributed by atoms with van der Waals surface area (Å²) in [5.74, 6) is 0.877. The summed E-state index contributed by atoms with van der Waals surface area (Å²) >= 11 is 7.15. The molecule has 0 bridgehead atoms. The van der Waals surface area contributed by atoms with Crippen LogP contribution in [0.25, 0.3) is 0 Å². The molecule has 0 aliphatic carbocycles. The Kier molecular flexibility index (Phi) is 7.46. The zero-order valence-electron chi connectivity index (χ0n) is 12.4. The standard InChI is InChI=1S/C15H23Br2N3O/c1-2-21-15-13(16)9-12(10-14(15)17)11-19-5-8-20-6-3-18-4-7-20/h9-10,18-19H,2-8,11H2,1H3. The van der Waals surface area contributed by atoms with Crippen LogP contribution in [-0.2, 0) is 6.54 Å². The van der Waals surface area contributed by atoms with Gasteiger partial charge in [-0.2, -0.15) is 0 Å². The third kappa shape index (κ3) is 5.53. The van der Waals surface area contributed by atoms with Gasteiger partial charge in [0, 0.05) is 45.8 Å². The van der Waals surface area contributed by atoms with Crippen LogP contribution in [-0.4, -0.2) is 50.8 Å². The Morgan fingerprint density at radius 2 is 1.90 bits per heavy atom. The van der Waals surface area contributed by atoms with Crippen molar-refractivity contribution < 1.29 is 4.74 Å². The highest BCUT2D eigenvalue weighted by Crippen LogP contribution is 2.34. The number of hydrogen-bond donors (Lipinski definition) is 2. The molecular weight excluding hydrogens is 398 g/mol. The van der Waals surface area contributed by atoms with E-state index >= 15 is 0 Å². The Hall–Kier alpha value is -0.140. The van der Waals surface area contributed by atoms with Gasteiger partial charge in [0.25, 0.3) is 0 Å². The molecule has 1 fully saturated rings. The summed E-state index contributed by atoms with van der Waals surface area (Å²) in [5, 5.41) is 6.88. The van der Waals surface area contributed by atoms with Crippen molar-refractivity contribution in [3.05, 3.63) is 26.6 Å². The molecule has 6 heteroatoms. The zero-order chi connectivity index (χ0) is 15.1. The first-order chi connectivity index (χ1) is 10.2. The highest BCUT2D eigenvalue weighted by Gasteiger charge is 2.10. The lowest BCUT2D eigenvalue weighted by Crippen LogP contribution is -2.45. The maximum absolute atomic E-state index is 5.60. The van der Waals surface area contributed by atoms with Crippen LogP contribution in [0.2, 0.25) is 0 Å². The molecule has 0 saturated carbocycles. The van der Waals surface area contributed by atoms with E-state index in [1.165, 1.54) is 5.56 Å². The van der Waals surface area contributed by atoms with E-state index in [2.05, 4.69) is 59.5 Å². The van der Waals surface area contributed by atoms with Gasteiger partial charge in [0.2, 0.25) is 0 Å². The average Bonchev–Trinajstić information content (AvgIpc) is 2.48. The Morgan fingerprint density at radius 1 is 1.24 bits per heavy atom.